The lowest BCUT2D eigenvalue weighted by molar-refractivity contribution is 0.109. The van der Waals surface area contributed by atoms with Gasteiger partial charge in [-0.15, -0.1) is 0 Å². The van der Waals surface area contributed by atoms with Crippen molar-refractivity contribution < 1.29 is 9.18 Å². The quantitative estimate of drug-likeness (QED) is 0.686. The molecule has 0 atom stereocenters. The third-order valence-electron chi connectivity index (χ3n) is 1.14. The van der Waals surface area contributed by atoms with Crippen molar-refractivity contribution in [2.45, 2.75) is 0 Å². The molecule has 1 rings (SSSR count). The van der Waals surface area contributed by atoms with Crippen molar-refractivity contribution in [3.8, 4) is 0 Å². The van der Waals surface area contributed by atoms with E-state index in [1.165, 1.54) is 12.1 Å². The van der Waals surface area contributed by atoms with Crippen LogP contribution in [-0.4, -0.2) is 4.69 Å². The van der Waals surface area contributed by atoms with Gasteiger partial charge < -0.3 is 0 Å². The highest BCUT2D eigenvalue weighted by molar-refractivity contribution is 9.18. The number of hydrogen-bond acceptors (Lipinski definition) is 1. The van der Waals surface area contributed by atoms with E-state index in [0.29, 0.717) is 5.02 Å². The minimum Gasteiger partial charge on any atom is -0.281 e. The van der Waals surface area contributed by atoms with E-state index < -0.39 is 10.5 Å². The molecular formula is C7H3BrClFO. The van der Waals surface area contributed by atoms with Gasteiger partial charge in [-0.3, -0.25) is 4.79 Å². The van der Waals surface area contributed by atoms with Crippen LogP contribution < -0.4 is 0 Å². The van der Waals surface area contributed by atoms with Crippen molar-refractivity contribution in [2.24, 2.45) is 0 Å². The lowest BCUT2D eigenvalue weighted by Crippen LogP contribution is -1.92. The van der Waals surface area contributed by atoms with Gasteiger partial charge in [0.1, 0.15) is 5.82 Å². The summed E-state index contributed by atoms with van der Waals surface area (Å²) in [7, 11) is 0. The zero-order chi connectivity index (χ0) is 8.43. The monoisotopic (exact) mass is 236 g/mol. The maximum absolute atomic E-state index is 12.7. The van der Waals surface area contributed by atoms with Crippen LogP contribution in [0.1, 0.15) is 10.4 Å². The van der Waals surface area contributed by atoms with Gasteiger partial charge in [-0.05, 0) is 34.1 Å². The van der Waals surface area contributed by atoms with Crippen molar-refractivity contribution in [3.63, 3.8) is 0 Å². The van der Waals surface area contributed by atoms with Gasteiger partial charge in [-0.1, -0.05) is 11.6 Å². The van der Waals surface area contributed by atoms with Gasteiger partial charge in [-0.2, -0.15) is 0 Å². The van der Waals surface area contributed by atoms with Gasteiger partial charge in [0.05, 0.1) is 5.56 Å². The number of benzene rings is 1. The molecule has 1 nitrogen and oxygen atoms in total. The van der Waals surface area contributed by atoms with Gasteiger partial charge in [0.2, 0.25) is 4.69 Å². The smallest absolute Gasteiger partial charge is 0.231 e. The van der Waals surface area contributed by atoms with Crippen LogP contribution in [-0.2, 0) is 0 Å². The average molecular weight is 237 g/mol. The molecule has 0 fully saturated rings. The fourth-order valence-electron chi connectivity index (χ4n) is 0.648. The van der Waals surface area contributed by atoms with Gasteiger partial charge in [0, 0.05) is 5.02 Å². The Morgan fingerprint density at radius 1 is 1.55 bits per heavy atom. The molecule has 1 aromatic carbocycles. The lowest BCUT2D eigenvalue weighted by atomic mass is 10.2. The molecule has 0 aliphatic heterocycles. The number of carbonyl (C=O) groups excluding carboxylic acids is 1. The van der Waals surface area contributed by atoms with Crippen LogP contribution in [0, 0.1) is 5.82 Å². The molecule has 0 unspecified atom stereocenters. The fourth-order valence-corrected chi connectivity index (χ4v) is 1.12. The van der Waals surface area contributed by atoms with Crippen molar-refractivity contribution >= 4 is 32.2 Å². The molecule has 0 saturated heterocycles. The van der Waals surface area contributed by atoms with E-state index >= 15 is 0 Å². The topological polar surface area (TPSA) is 17.1 Å². The number of hydrogen-bond donors (Lipinski definition) is 0. The average Bonchev–Trinajstić information content (AvgIpc) is 1.94. The molecule has 0 amide bonds. The highest BCUT2D eigenvalue weighted by Gasteiger charge is 2.07. The van der Waals surface area contributed by atoms with E-state index in [9.17, 15) is 9.18 Å². The normalized spacial score (nSPS) is 9.73. The molecule has 0 aliphatic carbocycles. The Morgan fingerprint density at radius 3 is 2.64 bits per heavy atom. The molecule has 0 spiro atoms. The van der Waals surface area contributed by atoms with Crippen LogP contribution in [0.3, 0.4) is 0 Å². The Morgan fingerprint density at radius 2 is 2.18 bits per heavy atom. The summed E-state index contributed by atoms with van der Waals surface area (Å²) < 4.78 is 12.2. The second-order valence-corrected chi connectivity index (χ2v) is 3.05. The summed E-state index contributed by atoms with van der Waals surface area (Å²) >= 11 is 8.15. The van der Waals surface area contributed by atoms with Crippen molar-refractivity contribution in [2.75, 3.05) is 0 Å². The van der Waals surface area contributed by atoms with E-state index in [1.54, 1.807) is 0 Å². The van der Waals surface area contributed by atoms with E-state index in [2.05, 4.69) is 15.9 Å². The third kappa shape index (κ3) is 2.01. The first-order valence-corrected chi connectivity index (χ1v) is 3.93. The SMILES string of the molecule is O=C(Br)c1cc(Cl)ccc1F. The van der Waals surface area contributed by atoms with Crippen LogP contribution in [0.5, 0.6) is 0 Å². The van der Waals surface area contributed by atoms with E-state index in [1.807, 2.05) is 0 Å². The summed E-state index contributed by atoms with van der Waals surface area (Å²) in [6.07, 6.45) is 0. The number of halogens is 3. The van der Waals surface area contributed by atoms with Crippen molar-refractivity contribution in [1.82, 2.24) is 0 Å². The summed E-state index contributed by atoms with van der Waals surface area (Å²) in [5, 5.41) is 0.342. The Bertz CT molecular complexity index is 300. The van der Waals surface area contributed by atoms with Crippen molar-refractivity contribution in [3.05, 3.63) is 34.6 Å². The Kier molecular flexibility index (Phi) is 2.62. The molecule has 0 bridgehead atoms. The van der Waals surface area contributed by atoms with Gasteiger partial charge in [0.15, 0.2) is 0 Å². The molecule has 11 heavy (non-hydrogen) atoms. The minimum absolute atomic E-state index is 0.0440. The third-order valence-corrected chi connectivity index (χ3v) is 1.80. The van der Waals surface area contributed by atoms with Gasteiger partial charge >= 0.3 is 0 Å². The zero-order valence-electron chi connectivity index (χ0n) is 5.27. The van der Waals surface area contributed by atoms with Crippen molar-refractivity contribution in [1.29, 1.82) is 0 Å². The summed E-state index contributed by atoms with van der Waals surface area (Å²) in [6, 6.07) is 3.81. The minimum atomic E-state index is -0.573. The molecule has 0 saturated carbocycles. The highest BCUT2D eigenvalue weighted by Crippen LogP contribution is 2.16. The second kappa shape index (κ2) is 3.32. The van der Waals surface area contributed by atoms with E-state index in [4.69, 9.17) is 11.6 Å². The molecule has 4 heteroatoms. The van der Waals surface area contributed by atoms with Crippen LogP contribution in [0.4, 0.5) is 4.39 Å². The number of rotatable bonds is 1. The molecule has 0 radical (unpaired) electrons. The van der Waals surface area contributed by atoms with Crippen LogP contribution in [0.2, 0.25) is 5.02 Å². The van der Waals surface area contributed by atoms with E-state index in [-0.39, 0.29) is 5.56 Å². The summed E-state index contributed by atoms with van der Waals surface area (Å²) in [5.74, 6) is -0.573. The zero-order valence-corrected chi connectivity index (χ0v) is 7.62. The van der Waals surface area contributed by atoms with E-state index in [0.717, 1.165) is 6.07 Å². The molecule has 1 aromatic rings. The molecule has 58 valence electrons. The summed E-state index contributed by atoms with van der Waals surface area (Å²) in [5.41, 5.74) is -0.0440. The maximum atomic E-state index is 12.7. The van der Waals surface area contributed by atoms with Gasteiger partial charge in [-0.25, -0.2) is 4.39 Å². The molecule has 0 N–H and O–H groups in total. The van der Waals surface area contributed by atoms with Crippen LogP contribution in [0.15, 0.2) is 18.2 Å². The Hall–Kier alpha value is -0.410. The Labute approximate surface area is 76.3 Å². The summed E-state index contributed by atoms with van der Waals surface area (Å²) in [6.45, 7) is 0. The highest BCUT2D eigenvalue weighted by atomic mass is 79.9. The van der Waals surface area contributed by atoms with Crippen LogP contribution >= 0.6 is 27.5 Å². The largest absolute Gasteiger partial charge is 0.281 e. The molecule has 0 aliphatic rings. The first-order valence-electron chi connectivity index (χ1n) is 2.76. The predicted molar refractivity (Wildman–Crippen MR) is 44.7 cm³/mol. The fraction of sp³-hybridized carbons (Fsp3) is 0. The standard InChI is InChI=1S/C7H3BrClFO/c8-7(11)5-3-4(9)1-2-6(5)10/h1-3H. The lowest BCUT2D eigenvalue weighted by Gasteiger charge is -1.96. The molecule has 0 heterocycles. The first kappa shape index (κ1) is 8.68. The van der Waals surface area contributed by atoms with Gasteiger partial charge in [0.25, 0.3) is 0 Å². The second-order valence-electron chi connectivity index (χ2n) is 1.90. The molecule has 0 aromatic heterocycles. The summed E-state index contributed by atoms with van der Waals surface area (Å²) in [4.78, 5) is 10.6. The number of carbonyl (C=O) groups is 1. The Balaban J connectivity index is 3.23. The van der Waals surface area contributed by atoms with Crippen LogP contribution in [0.25, 0.3) is 0 Å². The molecular weight excluding hydrogens is 234 g/mol. The maximum Gasteiger partial charge on any atom is 0.231 e. The first-order chi connectivity index (χ1) is 5.11. The predicted octanol–water partition coefficient (Wildman–Crippen LogP) is 3.01.